The lowest BCUT2D eigenvalue weighted by Gasteiger charge is -2.07. The fourth-order valence-electron chi connectivity index (χ4n) is 1.24. The lowest BCUT2D eigenvalue weighted by molar-refractivity contribution is 1.04. The van der Waals surface area contributed by atoms with Crippen LogP contribution in [-0.4, -0.2) is 10.2 Å². The monoisotopic (exact) mass is 253 g/mol. The molecular weight excluding hydrogens is 245 g/mol. The van der Waals surface area contributed by atoms with Gasteiger partial charge in [-0.05, 0) is 36.8 Å². The largest absolute Gasteiger partial charge is 0.338 e. The Balaban J connectivity index is 2.23. The van der Waals surface area contributed by atoms with Gasteiger partial charge in [-0.25, -0.2) is 0 Å². The summed E-state index contributed by atoms with van der Waals surface area (Å²) >= 11 is 11.7. The molecule has 1 aromatic carbocycles. The van der Waals surface area contributed by atoms with Crippen molar-refractivity contribution in [3.63, 3.8) is 0 Å². The van der Waals surface area contributed by atoms with Gasteiger partial charge in [-0.15, -0.1) is 10.2 Å². The lowest BCUT2D eigenvalue weighted by atomic mass is 10.2. The van der Waals surface area contributed by atoms with E-state index in [2.05, 4.69) is 15.5 Å². The van der Waals surface area contributed by atoms with Crippen molar-refractivity contribution in [2.45, 2.75) is 6.92 Å². The third kappa shape index (κ3) is 2.62. The minimum absolute atomic E-state index is 0.362. The molecule has 0 aliphatic rings. The third-order valence-electron chi connectivity index (χ3n) is 2.02. The Bertz CT molecular complexity index is 497. The molecule has 0 bridgehead atoms. The Morgan fingerprint density at radius 2 is 1.88 bits per heavy atom. The second-order valence-electron chi connectivity index (χ2n) is 3.35. The van der Waals surface area contributed by atoms with Gasteiger partial charge in [-0.1, -0.05) is 29.3 Å². The zero-order valence-electron chi connectivity index (χ0n) is 8.54. The van der Waals surface area contributed by atoms with E-state index in [0.29, 0.717) is 16.0 Å². The van der Waals surface area contributed by atoms with Gasteiger partial charge in [0.1, 0.15) is 0 Å². The van der Waals surface area contributed by atoms with Crippen molar-refractivity contribution in [2.75, 3.05) is 5.32 Å². The number of hydrogen-bond acceptors (Lipinski definition) is 3. The molecule has 0 radical (unpaired) electrons. The Morgan fingerprint density at radius 1 is 1.06 bits per heavy atom. The van der Waals surface area contributed by atoms with Gasteiger partial charge < -0.3 is 5.32 Å². The molecule has 0 saturated heterocycles. The number of rotatable bonds is 2. The molecule has 0 spiro atoms. The number of anilines is 2. The van der Waals surface area contributed by atoms with Crippen LogP contribution in [0.4, 0.5) is 11.5 Å². The number of aromatic nitrogens is 2. The van der Waals surface area contributed by atoms with E-state index in [4.69, 9.17) is 23.2 Å². The van der Waals surface area contributed by atoms with E-state index < -0.39 is 0 Å². The van der Waals surface area contributed by atoms with E-state index in [1.807, 2.05) is 25.1 Å². The van der Waals surface area contributed by atoms with E-state index in [9.17, 15) is 0 Å². The summed E-state index contributed by atoms with van der Waals surface area (Å²) in [6.07, 6.45) is 0. The first-order valence-electron chi connectivity index (χ1n) is 4.67. The molecular formula is C11H9Cl2N3. The molecule has 0 unspecified atom stereocenters. The van der Waals surface area contributed by atoms with Gasteiger partial charge in [0.15, 0.2) is 11.0 Å². The van der Waals surface area contributed by atoms with Crippen LogP contribution in [0.25, 0.3) is 0 Å². The second-order valence-corrected chi connectivity index (χ2v) is 4.14. The maximum Gasteiger partial charge on any atom is 0.153 e. The molecule has 2 aromatic rings. The van der Waals surface area contributed by atoms with Crippen molar-refractivity contribution >= 4 is 34.7 Å². The van der Waals surface area contributed by atoms with Gasteiger partial charge >= 0.3 is 0 Å². The van der Waals surface area contributed by atoms with Crippen LogP contribution in [0, 0.1) is 6.92 Å². The van der Waals surface area contributed by atoms with Crippen LogP contribution in [0.2, 0.25) is 10.2 Å². The van der Waals surface area contributed by atoms with Crippen LogP contribution in [-0.2, 0) is 0 Å². The van der Waals surface area contributed by atoms with Gasteiger partial charge in [-0.2, -0.15) is 0 Å². The van der Waals surface area contributed by atoms with Crippen LogP contribution >= 0.6 is 23.2 Å². The normalized spacial score (nSPS) is 10.2. The zero-order valence-corrected chi connectivity index (χ0v) is 10.0. The van der Waals surface area contributed by atoms with E-state index in [1.54, 1.807) is 12.1 Å². The topological polar surface area (TPSA) is 37.8 Å². The quantitative estimate of drug-likeness (QED) is 0.884. The minimum Gasteiger partial charge on any atom is -0.338 e. The highest BCUT2D eigenvalue weighted by atomic mass is 35.5. The molecule has 0 amide bonds. The summed E-state index contributed by atoms with van der Waals surface area (Å²) in [5, 5.41) is 11.7. The summed E-state index contributed by atoms with van der Waals surface area (Å²) in [6.45, 7) is 1.98. The second kappa shape index (κ2) is 4.68. The zero-order chi connectivity index (χ0) is 11.5. The predicted molar refractivity (Wildman–Crippen MR) is 66.5 cm³/mol. The minimum atomic E-state index is 0.362. The summed E-state index contributed by atoms with van der Waals surface area (Å²) in [5.41, 5.74) is 1.90. The number of hydrogen-bond donors (Lipinski definition) is 1. The van der Waals surface area contributed by atoms with Crippen molar-refractivity contribution in [3.05, 3.63) is 46.1 Å². The molecule has 2 rings (SSSR count). The van der Waals surface area contributed by atoms with Crippen molar-refractivity contribution in [3.8, 4) is 0 Å². The molecule has 0 fully saturated rings. The van der Waals surface area contributed by atoms with Crippen LogP contribution in [0.1, 0.15) is 5.56 Å². The number of nitrogens with zero attached hydrogens (tertiary/aromatic N) is 2. The van der Waals surface area contributed by atoms with E-state index in [0.717, 1.165) is 11.3 Å². The average molecular weight is 254 g/mol. The first kappa shape index (κ1) is 11.2. The lowest BCUT2D eigenvalue weighted by Crippen LogP contribution is -1.95. The van der Waals surface area contributed by atoms with Crippen molar-refractivity contribution in [1.82, 2.24) is 10.2 Å². The van der Waals surface area contributed by atoms with E-state index in [1.165, 1.54) is 0 Å². The molecule has 0 aliphatic carbocycles. The highest BCUT2D eigenvalue weighted by molar-refractivity contribution is 6.33. The molecule has 0 aliphatic heterocycles. The van der Waals surface area contributed by atoms with Gasteiger partial charge in [-0.3, -0.25) is 0 Å². The predicted octanol–water partition coefficient (Wildman–Crippen LogP) is 3.84. The first-order chi connectivity index (χ1) is 7.65. The molecule has 1 N–H and O–H groups in total. The maximum absolute atomic E-state index is 6.07. The highest BCUT2D eigenvalue weighted by Gasteiger charge is 2.02. The molecule has 0 saturated carbocycles. The number of benzene rings is 1. The van der Waals surface area contributed by atoms with Crippen molar-refractivity contribution < 1.29 is 0 Å². The smallest absolute Gasteiger partial charge is 0.153 e. The van der Waals surface area contributed by atoms with Crippen LogP contribution in [0.15, 0.2) is 30.3 Å². The summed E-state index contributed by atoms with van der Waals surface area (Å²) in [7, 11) is 0. The van der Waals surface area contributed by atoms with Crippen molar-refractivity contribution in [2.24, 2.45) is 0 Å². The fourth-order valence-corrected chi connectivity index (χ4v) is 1.63. The van der Waals surface area contributed by atoms with Crippen LogP contribution in [0.3, 0.4) is 0 Å². The molecule has 5 heteroatoms. The molecule has 16 heavy (non-hydrogen) atoms. The Labute approximate surface area is 103 Å². The molecule has 3 nitrogen and oxygen atoms in total. The third-order valence-corrected chi connectivity index (χ3v) is 2.53. The summed E-state index contributed by atoms with van der Waals surface area (Å²) in [5.74, 6) is 0.607. The Morgan fingerprint density at radius 3 is 2.50 bits per heavy atom. The summed E-state index contributed by atoms with van der Waals surface area (Å²) in [4.78, 5) is 0. The van der Waals surface area contributed by atoms with E-state index in [-0.39, 0.29) is 0 Å². The van der Waals surface area contributed by atoms with Crippen LogP contribution in [0.5, 0.6) is 0 Å². The molecule has 1 heterocycles. The Kier molecular flexibility index (Phi) is 3.27. The van der Waals surface area contributed by atoms with Crippen molar-refractivity contribution in [1.29, 1.82) is 0 Å². The first-order valence-corrected chi connectivity index (χ1v) is 5.43. The molecule has 82 valence electrons. The van der Waals surface area contributed by atoms with Crippen LogP contribution < -0.4 is 5.32 Å². The SMILES string of the molecule is Cc1ccc(Nc2ccc(Cl)nn2)c(Cl)c1. The molecule has 0 atom stereocenters. The van der Waals surface area contributed by atoms with Gasteiger partial charge in [0.2, 0.25) is 0 Å². The number of aryl methyl sites for hydroxylation is 1. The van der Waals surface area contributed by atoms with Gasteiger partial charge in [0, 0.05) is 0 Å². The molecule has 1 aromatic heterocycles. The van der Waals surface area contributed by atoms with Gasteiger partial charge in [0.05, 0.1) is 10.7 Å². The number of nitrogens with one attached hydrogen (secondary N) is 1. The summed E-state index contributed by atoms with van der Waals surface area (Å²) < 4.78 is 0. The number of halogens is 2. The standard InChI is InChI=1S/C11H9Cl2N3/c1-7-2-3-9(8(12)6-7)14-11-5-4-10(13)15-16-11/h2-6H,1H3,(H,14,16). The fraction of sp³-hybridized carbons (Fsp3) is 0.0909. The van der Waals surface area contributed by atoms with Gasteiger partial charge in [0.25, 0.3) is 0 Å². The maximum atomic E-state index is 6.07. The Hall–Kier alpha value is -1.32. The average Bonchev–Trinajstić information content (AvgIpc) is 2.25. The summed E-state index contributed by atoms with van der Waals surface area (Å²) in [6, 6.07) is 9.16. The van der Waals surface area contributed by atoms with E-state index >= 15 is 0 Å². The highest BCUT2D eigenvalue weighted by Crippen LogP contribution is 2.25.